The van der Waals surface area contributed by atoms with Crippen molar-refractivity contribution < 1.29 is 0 Å². The molecular weight excluding hydrogens is 420 g/mol. The molecule has 0 radical (unpaired) electrons. The zero-order valence-electron chi connectivity index (χ0n) is 26.3. The van der Waals surface area contributed by atoms with Crippen LogP contribution in [0.4, 0.5) is 0 Å². The summed E-state index contributed by atoms with van der Waals surface area (Å²) in [5.41, 5.74) is 6.85. The lowest BCUT2D eigenvalue weighted by Crippen LogP contribution is -2.18. The lowest BCUT2D eigenvalue weighted by molar-refractivity contribution is 0.338. The van der Waals surface area contributed by atoms with E-state index in [0.717, 1.165) is 11.8 Å². The van der Waals surface area contributed by atoms with Crippen molar-refractivity contribution in [1.82, 2.24) is 0 Å². The van der Waals surface area contributed by atoms with Crippen LogP contribution in [-0.4, -0.2) is 0 Å². The van der Waals surface area contributed by atoms with Gasteiger partial charge in [0.2, 0.25) is 0 Å². The first kappa shape index (κ1) is 34.2. The van der Waals surface area contributed by atoms with Crippen molar-refractivity contribution >= 4 is 0 Å². The summed E-state index contributed by atoms with van der Waals surface area (Å²) >= 11 is 0. The van der Waals surface area contributed by atoms with Gasteiger partial charge >= 0.3 is 0 Å². The van der Waals surface area contributed by atoms with E-state index >= 15 is 0 Å². The summed E-state index contributed by atoms with van der Waals surface area (Å²) in [5, 5.41) is 0. The second kappa shape index (κ2) is 19.3. The van der Waals surface area contributed by atoms with Crippen LogP contribution in [0.25, 0.3) is 0 Å². The largest absolute Gasteiger partial charge is 0.0683 e. The van der Waals surface area contributed by atoms with Gasteiger partial charge in [-0.25, -0.2) is 0 Å². The Morgan fingerprint density at radius 2 is 1.03 bits per heavy atom. The molecule has 35 heavy (non-hydrogen) atoms. The van der Waals surface area contributed by atoms with Crippen molar-refractivity contribution in [3.63, 3.8) is 0 Å². The summed E-state index contributed by atoms with van der Waals surface area (Å²) < 4.78 is 0. The summed E-state index contributed by atoms with van der Waals surface area (Å²) in [7, 11) is 0. The van der Waals surface area contributed by atoms with Crippen molar-refractivity contribution in [3.8, 4) is 0 Å². The highest BCUT2D eigenvalue weighted by molar-refractivity contribution is 5.43. The first-order valence-corrected chi connectivity index (χ1v) is 16.0. The molecule has 2 saturated carbocycles. The molecule has 0 atom stereocenters. The second-order valence-electron chi connectivity index (χ2n) is 11.7. The molecule has 3 rings (SSSR count). The molecule has 206 valence electrons. The normalized spacial score (nSPS) is 16.9. The van der Waals surface area contributed by atoms with Gasteiger partial charge in [-0.1, -0.05) is 153 Å². The molecule has 0 N–H and O–H groups in total. The zero-order valence-corrected chi connectivity index (χ0v) is 26.3. The van der Waals surface area contributed by atoms with E-state index in [9.17, 15) is 0 Å². The van der Waals surface area contributed by atoms with Crippen LogP contribution in [0.1, 0.15) is 181 Å². The number of benzene rings is 1. The SMILES string of the molecule is CC.CC.CC.CC(C)c1cc(CCC2CCCCC2)c(C(C)(C)C)cc1CCC1CCCCC1. The molecule has 0 aromatic heterocycles. The molecule has 0 amide bonds. The molecule has 1 aromatic carbocycles. The summed E-state index contributed by atoms with van der Waals surface area (Å²) in [5.74, 6) is 2.59. The van der Waals surface area contributed by atoms with Gasteiger partial charge < -0.3 is 0 Å². The fourth-order valence-corrected chi connectivity index (χ4v) is 6.04. The third-order valence-corrected chi connectivity index (χ3v) is 7.89. The van der Waals surface area contributed by atoms with Crippen molar-refractivity contribution in [2.75, 3.05) is 0 Å². The van der Waals surface area contributed by atoms with Crippen LogP contribution in [0.5, 0.6) is 0 Å². The third-order valence-electron chi connectivity index (χ3n) is 7.89. The maximum Gasteiger partial charge on any atom is -0.0129 e. The Hall–Kier alpha value is -0.780. The van der Waals surface area contributed by atoms with Gasteiger partial charge in [-0.05, 0) is 71.1 Å². The highest BCUT2D eigenvalue weighted by Crippen LogP contribution is 2.36. The Bertz CT molecular complexity index is 618. The zero-order chi connectivity index (χ0) is 26.9. The maximum atomic E-state index is 2.65. The van der Waals surface area contributed by atoms with Gasteiger partial charge in [0, 0.05) is 0 Å². The summed E-state index contributed by atoms with van der Waals surface area (Å²) in [4.78, 5) is 0. The monoisotopic (exact) mass is 487 g/mol. The van der Waals surface area contributed by atoms with E-state index < -0.39 is 0 Å². The number of rotatable bonds is 7. The fourth-order valence-electron chi connectivity index (χ4n) is 6.04. The van der Waals surface area contributed by atoms with Crippen molar-refractivity contribution in [1.29, 1.82) is 0 Å². The van der Waals surface area contributed by atoms with Crippen molar-refractivity contribution in [2.45, 2.75) is 177 Å². The first-order chi connectivity index (χ1) is 16.8. The van der Waals surface area contributed by atoms with E-state index in [0.29, 0.717) is 5.92 Å². The summed E-state index contributed by atoms with van der Waals surface area (Å²) in [6.07, 6.45) is 20.1. The Kier molecular flexibility index (Phi) is 18.9. The van der Waals surface area contributed by atoms with Crippen LogP contribution < -0.4 is 0 Å². The minimum Gasteiger partial charge on any atom is -0.0683 e. The molecule has 0 unspecified atom stereocenters. The Morgan fingerprint density at radius 1 is 0.629 bits per heavy atom. The van der Waals surface area contributed by atoms with E-state index in [1.165, 1.54) is 89.9 Å². The molecule has 0 saturated heterocycles. The fraction of sp³-hybridized carbons (Fsp3) is 0.829. The number of aryl methyl sites for hydroxylation is 2. The molecule has 0 spiro atoms. The van der Waals surface area contributed by atoms with E-state index in [4.69, 9.17) is 0 Å². The standard InChI is InChI=1S/C29H48.3C2H6/c1-22(2)27-20-26(19-17-24-14-10-7-11-15-24)28(29(3,4)5)21-25(27)18-16-23-12-8-6-9-13-23;3*1-2/h20-24H,6-19H2,1-5H3;3*1-2H3. The molecule has 2 fully saturated rings. The molecular formula is C35H66. The Morgan fingerprint density at radius 3 is 1.40 bits per heavy atom. The van der Waals surface area contributed by atoms with Gasteiger partial charge in [0.05, 0.1) is 0 Å². The van der Waals surface area contributed by atoms with Crippen LogP contribution >= 0.6 is 0 Å². The first-order valence-electron chi connectivity index (χ1n) is 16.0. The smallest absolute Gasteiger partial charge is 0.0129 e. The number of hydrogen-bond acceptors (Lipinski definition) is 0. The lowest BCUT2D eigenvalue weighted by atomic mass is 9.76. The predicted molar refractivity (Wildman–Crippen MR) is 163 cm³/mol. The van der Waals surface area contributed by atoms with Crippen molar-refractivity contribution in [2.24, 2.45) is 11.8 Å². The summed E-state index contributed by atoms with van der Waals surface area (Å²) in [6.45, 7) is 24.1. The molecule has 1 aromatic rings. The number of hydrogen-bond donors (Lipinski definition) is 0. The van der Waals surface area contributed by atoms with Gasteiger partial charge in [-0.3, -0.25) is 0 Å². The van der Waals surface area contributed by atoms with Crippen molar-refractivity contribution in [3.05, 3.63) is 34.4 Å². The van der Waals surface area contributed by atoms with Gasteiger partial charge in [0.15, 0.2) is 0 Å². The molecule has 0 bridgehead atoms. The van der Waals surface area contributed by atoms with Gasteiger partial charge in [0.1, 0.15) is 0 Å². The van der Waals surface area contributed by atoms with Crippen LogP contribution in [-0.2, 0) is 18.3 Å². The minimum absolute atomic E-state index is 0.247. The molecule has 0 heterocycles. The molecule has 0 nitrogen and oxygen atoms in total. The molecule has 2 aliphatic carbocycles. The van der Waals surface area contributed by atoms with E-state index in [2.05, 4.69) is 46.8 Å². The quantitative estimate of drug-likeness (QED) is 0.359. The average molecular weight is 487 g/mol. The average Bonchev–Trinajstić information content (AvgIpc) is 2.90. The molecule has 2 aliphatic rings. The van der Waals surface area contributed by atoms with Crippen LogP contribution in [0.15, 0.2) is 12.1 Å². The van der Waals surface area contributed by atoms with E-state index in [-0.39, 0.29) is 5.41 Å². The van der Waals surface area contributed by atoms with Gasteiger partial charge in [0.25, 0.3) is 0 Å². The summed E-state index contributed by atoms with van der Waals surface area (Å²) in [6, 6.07) is 5.29. The van der Waals surface area contributed by atoms with Gasteiger partial charge in [-0.15, -0.1) is 0 Å². The second-order valence-corrected chi connectivity index (χ2v) is 11.7. The topological polar surface area (TPSA) is 0 Å². The molecule has 0 heteroatoms. The molecule has 0 aliphatic heterocycles. The van der Waals surface area contributed by atoms with E-state index in [1.54, 1.807) is 22.3 Å². The van der Waals surface area contributed by atoms with Crippen LogP contribution in [0.2, 0.25) is 0 Å². The highest BCUT2D eigenvalue weighted by atomic mass is 14.3. The maximum absolute atomic E-state index is 2.65. The van der Waals surface area contributed by atoms with Crippen LogP contribution in [0.3, 0.4) is 0 Å². The Labute approximate surface area is 223 Å². The highest BCUT2D eigenvalue weighted by Gasteiger charge is 2.23. The van der Waals surface area contributed by atoms with E-state index in [1.807, 2.05) is 41.5 Å². The van der Waals surface area contributed by atoms with Gasteiger partial charge in [-0.2, -0.15) is 0 Å². The minimum atomic E-state index is 0.247. The predicted octanol–water partition coefficient (Wildman–Crippen LogP) is 12.2. The Balaban J connectivity index is 0.00000179. The third kappa shape index (κ3) is 12.3. The van der Waals surface area contributed by atoms with Crippen LogP contribution in [0, 0.1) is 11.8 Å². The lowest BCUT2D eigenvalue weighted by Gasteiger charge is -2.29.